The molecule has 0 N–H and O–H groups in total. The van der Waals surface area contributed by atoms with Crippen molar-refractivity contribution in [2.75, 3.05) is 4.90 Å². The van der Waals surface area contributed by atoms with Gasteiger partial charge in [-0.2, -0.15) is 0 Å². The molecule has 9 aromatic carbocycles. The zero-order chi connectivity index (χ0) is 34.4. The van der Waals surface area contributed by atoms with Gasteiger partial charge in [-0.25, -0.2) is 0 Å². The summed E-state index contributed by atoms with van der Waals surface area (Å²) in [7, 11) is 0. The average Bonchev–Trinajstić information content (AvgIpc) is 3.60. The molecule has 0 aliphatic rings. The van der Waals surface area contributed by atoms with Crippen LogP contribution >= 0.6 is 0 Å². The van der Waals surface area contributed by atoms with E-state index in [2.05, 4.69) is 205 Å². The van der Waals surface area contributed by atoms with Gasteiger partial charge in [0.2, 0.25) is 0 Å². The second-order valence-corrected chi connectivity index (χ2v) is 13.4. The van der Waals surface area contributed by atoms with E-state index in [4.69, 9.17) is 4.42 Å². The molecule has 0 spiro atoms. The predicted molar refractivity (Wildman–Crippen MR) is 220 cm³/mol. The van der Waals surface area contributed by atoms with E-state index in [1.54, 1.807) is 0 Å². The largest absolute Gasteiger partial charge is 0.455 e. The Morgan fingerprint density at radius 2 is 0.769 bits per heavy atom. The summed E-state index contributed by atoms with van der Waals surface area (Å²) in [6, 6.07) is 71.7. The summed E-state index contributed by atoms with van der Waals surface area (Å²) in [4.78, 5) is 2.33. The second-order valence-electron chi connectivity index (χ2n) is 13.4. The van der Waals surface area contributed by atoms with Gasteiger partial charge < -0.3 is 9.32 Å². The standard InChI is InChI=1S/C50H33NO/c1-2-8-34(9-3-1)36-16-24-43(25-17-36)51(44-26-18-37(19-27-44)41-15-14-35-10-4-5-12-40(35)32-41)45-28-20-38(21-29-45)42-23-31-49-48(33-42)47-30-22-39-11-6-7-13-46(39)50(47)52-49/h1-33H. The van der Waals surface area contributed by atoms with E-state index in [1.807, 2.05) is 0 Å². The number of fused-ring (bicyclic) bond motifs is 6. The molecule has 0 saturated heterocycles. The molecular formula is C50H33NO. The number of hydrogen-bond acceptors (Lipinski definition) is 2. The molecule has 0 fully saturated rings. The Hall–Kier alpha value is -6.90. The lowest BCUT2D eigenvalue weighted by Gasteiger charge is -2.26. The minimum absolute atomic E-state index is 0.906. The topological polar surface area (TPSA) is 16.4 Å². The molecular weight excluding hydrogens is 631 g/mol. The molecule has 0 unspecified atom stereocenters. The summed E-state index contributed by atoms with van der Waals surface area (Å²) in [6.07, 6.45) is 0. The fraction of sp³-hybridized carbons (Fsp3) is 0. The van der Waals surface area contributed by atoms with E-state index in [0.29, 0.717) is 0 Å². The molecule has 0 amide bonds. The number of furan rings is 1. The summed E-state index contributed by atoms with van der Waals surface area (Å²) in [6.45, 7) is 0. The van der Waals surface area contributed by atoms with Crippen LogP contribution in [0, 0.1) is 0 Å². The molecule has 0 saturated carbocycles. The Labute approximate surface area is 302 Å². The molecule has 0 aliphatic heterocycles. The maximum atomic E-state index is 6.39. The van der Waals surface area contributed by atoms with Gasteiger partial charge in [-0.1, -0.05) is 140 Å². The molecule has 10 rings (SSSR count). The summed E-state index contributed by atoms with van der Waals surface area (Å²) in [5.74, 6) is 0. The van der Waals surface area contributed by atoms with E-state index in [0.717, 1.165) is 55.5 Å². The molecule has 10 aromatic rings. The first-order valence-corrected chi connectivity index (χ1v) is 17.7. The van der Waals surface area contributed by atoms with E-state index in [9.17, 15) is 0 Å². The van der Waals surface area contributed by atoms with Gasteiger partial charge in [0.1, 0.15) is 11.2 Å². The highest BCUT2D eigenvalue weighted by Crippen LogP contribution is 2.40. The molecule has 2 heteroatoms. The molecule has 0 aliphatic carbocycles. The highest BCUT2D eigenvalue weighted by Gasteiger charge is 2.15. The summed E-state index contributed by atoms with van der Waals surface area (Å²) in [5, 5.41) is 7.11. The molecule has 0 radical (unpaired) electrons. The predicted octanol–water partition coefficient (Wildman–Crippen LogP) is 14.4. The SMILES string of the molecule is c1ccc(-c2ccc(N(c3ccc(-c4ccc5ccccc5c4)cc3)c3ccc(-c4ccc5oc6c7ccccc7ccc6c5c4)cc3)cc2)cc1. The smallest absolute Gasteiger partial charge is 0.143 e. The fourth-order valence-electron chi connectivity index (χ4n) is 7.54. The number of anilines is 3. The molecule has 2 nitrogen and oxygen atoms in total. The monoisotopic (exact) mass is 663 g/mol. The van der Waals surface area contributed by atoms with Crippen LogP contribution in [0.2, 0.25) is 0 Å². The summed E-state index contributed by atoms with van der Waals surface area (Å²) in [5.41, 5.74) is 12.3. The van der Waals surface area contributed by atoms with Crippen LogP contribution in [0.3, 0.4) is 0 Å². The van der Waals surface area contributed by atoms with Crippen molar-refractivity contribution in [3.63, 3.8) is 0 Å². The summed E-state index contributed by atoms with van der Waals surface area (Å²) < 4.78 is 6.39. The minimum Gasteiger partial charge on any atom is -0.455 e. The van der Waals surface area contributed by atoms with Crippen molar-refractivity contribution in [1.29, 1.82) is 0 Å². The van der Waals surface area contributed by atoms with Crippen molar-refractivity contribution in [2.24, 2.45) is 0 Å². The van der Waals surface area contributed by atoms with Crippen LogP contribution in [0.4, 0.5) is 17.1 Å². The molecule has 0 bridgehead atoms. The van der Waals surface area contributed by atoms with Gasteiger partial charge in [0.25, 0.3) is 0 Å². The van der Waals surface area contributed by atoms with Crippen LogP contribution in [0.25, 0.3) is 76.9 Å². The first-order valence-electron chi connectivity index (χ1n) is 17.7. The molecule has 1 heterocycles. The lowest BCUT2D eigenvalue weighted by molar-refractivity contribution is 0.672. The lowest BCUT2D eigenvalue weighted by Crippen LogP contribution is -2.09. The fourth-order valence-corrected chi connectivity index (χ4v) is 7.54. The second kappa shape index (κ2) is 12.5. The average molecular weight is 664 g/mol. The molecule has 0 atom stereocenters. The van der Waals surface area contributed by atoms with Crippen molar-refractivity contribution in [1.82, 2.24) is 0 Å². The Kier molecular flexibility index (Phi) is 7.18. The number of hydrogen-bond donors (Lipinski definition) is 0. The highest BCUT2D eigenvalue weighted by atomic mass is 16.3. The quantitative estimate of drug-likeness (QED) is 0.176. The Morgan fingerprint density at radius 3 is 1.44 bits per heavy atom. The highest BCUT2D eigenvalue weighted by molar-refractivity contribution is 6.15. The Balaban J connectivity index is 1.02. The van der Waals surface area contributed by atoms with Crippen LogP contribution < -0.4 is 4.90 Å². The first kappa shape index (κ1) is 30.0. The normalized spacial score (nSPS) is 11.5. The maximum Gasteiger partial charge on any atom is 0.143 e. The minimum atomic E-state index is 0.906. The van der Waals surface area contributed by atoms with Crippen LogP contribution in [-0.2, 0) is 0 Å². The van der Waals surface area contributed by atoms with Crippen molar-refractivity contribution in [3.8, 4) is 33.4 Å². The van der Waals surface area contributed by atoms with Crippen LogP contribution in [0.1, 0.15) is 0 Å². The van der Waals surface area contributed by atoms with E-state index in [1.165, 1.54) is 38.4 Å². The van der Waals surface area contributed by atoms with Gasteiger partial charge in [-0.05, 0) is 110 Å². The van der Waals surface area contributed by atoms with E-state index < -0.39 is 0 Å². The van der Waals surface area contributed by atoms with E-state index >= 15 is 0 Å². The third-order valence-electron chi connectivity index (χ3n) is 10.3. The number of nitrogens with zero attached hydrogens (tertiary/aromatic N) is 1. The van der Waals surface area contributed by atoms with Gasteiger partial charge in [0.15, 0.2) is 0 Å². The van der Waals surface area contributed by atoms with Gasteiger partial charge >= 0.3 is 0 Å². The Bertz CT molecular complexity index is 2870. The molecule has 244 valence electrons. The molecule has 52 heavy (non-hydrogen) atoms. The zero-order valence-electron chi connectivity index (χ0n) is 28.4. The van der Waals surface area contributed by atoms with Crippen LogP contribution in [-0.4, -0.2) is 0 Å². The first-order chi connectivity index (χ1) is 25.7. The maximum absolute atomic E-state index is 6.39. The van der Waals surface area contributed by atoms with Crippen LogP contribution in [0.15, 0.2) is 205 Å². The lowest BCUT2D eigenvalue weighted by atomic mass is 10.00. The van der Waals surface area contributed by atoms with Crippen LogP contribution in [0.5, 0.6) is 0 Å². The van der Waals surface area contributed by atoms with Crippen molar-refractivity contribution < 1.29 is 4.42 Å². The van der Waals surface area contributed by atoms with Gasteiger partial charge in [0.05, 0.1) is 0 Å². The van der Waals surface area contributed by atoms with Gasteiger partial charge in [-0.3, -0.25) is 0 Å². The van der Waals surface area contributed by atoms with Gasteiger partial charge in [-0.15, -0.1) is 0 Å². The third kappa shape index (κ3) is 5.30. The van der Waals surface area contributed by atoms with E-state index in [-0.39, 0.29) is 0 Å². The summed E-state index contributed by atoms with van der Waals surface area (Å²) >= 11 is 0. The van der Waals surface area contributed by atoms with Gasteiger partial charge in [0, 0.05) is 33.2 Å². The molecule has 1 aromatic heterocycles. The Morgan fingerprint density at radius 1 is 0.288 bits per heavy atom. The third-order valence-corrected chi connectivity index (χ3v) is 10.3. The van der Waals surface area contributed by atoms with Crippen molar-refractivity contribution in [2.45, 2.75) is 0 Å². The zero-order valence-corrected chi connectivity index (χ0v) is 28.4. The number of rotatable bonds is 6. The van der Waals surface area contributed by atoms with Crippen molar-refractivity contribution in [3.05, 3.63) is 200 Å². The van der Waals surface area contributed by atoms with Crippen molar-refractivity contribution >= 4 is 60.5 Å². The number of benzene rings is 9.